The van der Waals surface area contributed by atoms with E-state index >= 15 is 0 Å². The van der Waals surface area contributed by atoms with Crippen molar-refractivity contribution in [3.05, 3.63) is 65.7 Å². The van der Waals surface area contributed by atoms with Gasteiger partial charge in [0, 0.05) is 25.7 Å². The summed E-state index contributed by atoms with van der Waals surface area (Å²) in [6.07, 6.45) is 2.53. The zero-order chi connectivity index (χ0) is 16.1. The van der Waals surface area contributed by atoms with Gasteiger partial charge < -0.3 is 5.32 Å². The second-order valence-corrected chi connectivity index (χ2v) is 6.36. The fourth-order valence-electron chi connectivity index (χ4n) is 3.35. The van der Waals surface area contributed by atoms with Gasteiger partial charge in [-0.15, -0.1) is 0 Å². The Kier molecular flexibility index (Phi) is 5.09. The summed E-state index contributed by atoms with van der Waals surface area (Å²) in [6, 6.07) is 19.0. The SMILES string of the molecule is CC(=O)Nc1ccc(CN2CCCC(c3ccccc3)C2)cc1. The van der Waals surface area contributed by atoms with Crippen molar-refractivity contribution in [1.82, 2.24) is 4.90 Å². The van der Waals surface area contributed by atoms with E-state index < -0.39 is 0 Å². The van der Waals surface area contributed by atoms with Crippen LogP contribution in [0, 0.1) is 0 Å². The topological polar surface area (TPSA) is 32.3 Å². The lowest BCUT2D eigenvalue weighted by atomic mass is 9.90. The van der Waals surface area contributed by atoms with Gasteiger partial charge in [0.2, 0.25) is 5.91 Å². The summed E-state index contributed by atoms with van der Waals surface area (Å²) < 4.78 is 0. The van der Waals surface area contributed by atoms with Crippen LogP contribution in [-0.4, -0.2) is 23.9 Å². The van der Waals surface area contributed by atoms with Crippen molar-refractivity contribution in [3.63, 3.8) is 0 Å². The number of hydrogen-bond acceptors (Lipinski definition) is 2. The van der Waals surface area contributed by atoms with Crippen molar-refractivity contribution in [2.24, 2.45) is 0 Å². The second kappa shape index (κ2) is 7.42. The minimum atomic E-state index is -0.0283. The third kappa shape index (κ3) is 4.42. The molecule has 3 nitrogen and oxygen atoms in total. The van der Waals surface area contributed by atoms with Crippen LogP contribution >= 0.6 is 0 Å². The first-order valence-corrected chi connectivity index (χ1v) is 8.34. The lowest BCUT2D eigenvalue weighted by Gasteiger charge is -2.33. The number of likely N-dealkylation sites (tertiary alicyclic amines) is 1. The average molecular weight is 308 g/mol. The molecule has 0 aromatic heterocycles. The highest BCUT2D eigenvalue weighted by molar-refractivity contribution is 5.88. The summed E-state index contributed by atoms with van der Waals surface area (Å²) in [6.45, 7) is 4.79. The number of nitrogens with zero attached hydrogens (tertiary/aromatic N) is 1. The molecule has 1 saturated heterocycles. The lowest BCUT2D eigenvalue weighted by Crippen LogP contribution is -2.33. The molecule has 2 aromatic carbocycles. The third-order valence-corrected chi connectivity index (χ3v) is 4.46. The standard InChI is InChI=1S/C20H24N2O/c1-16(23)21-20-11-9-17(10-12-20)14-22-13-5-8-19(15-22)18-6-3-2-4-7-18/h2-4,6-7,9-12,19H,5,8,13-15H2,1H3,(H,21,23). The number of carbonyl (C=O) groups is 1. The van der Waals surface area contributed by atoms with Gasteiger partial charge in [-0.05, 0) is 48.6 Å². The van der Waals surface area contributed by atoms with Crippen LogP contribution in [0.1, 0.15) is 36.8 Å². The number of piperidine rings is 1. The highest BCUT2D eigenvalue weighted by atomic mass is 16.1. The van der Waals surface area contributed by atoms with Crippen LogP contribution in [0.2, 0.25) is 0 Å². The molecule has 0 bridgehead atoms. The molecule has 120 valence electrons. The molecule has 3 heteroatoms. The Morgan fingerprint density at radius 2 is 1.87 bits per heavy atom. The third-order valence-electron chi connectivity index (χ3n) is 4.46. The molecule has 1 amide bonds. The summed E-state index contributed by atoms with van der Waals surface area (Å²) in [5, 5.41) is 2.81. The van der Waals surface area contributed by atoms with E-state index in [0.29, 0.717) is 5.92 Å². The molecule has 3 rings (SSSR count). The Morgan fingerprint density at radius 3 is 2.57 bits per heavy atom. The minimum Gasteiger partial charge on any atom is -0.326 e. The van der Waals surface area contributed by atoms with E-state index in [4.69, 9.17) is 0 Å². The van der Waals surface area contributed by atoms with E-state index in [0.717, 1.165) is 25.3 Å². The van der Waals surface area contributed by atoms with Crippen molar-refractivity contribution in [1.29, 1.82) is 0 Å². The maximum absolute atomic E-state index is 11.1. The summed E-state index contributed by atoms with van der Waals surface area (Å²) in [5.74, 6) is 0.614. The highest BCUT2D eigenvalue weighted by Gasteiger charge is 2.21. The Bertz CT molecular complexity index is 636. The normalized spacial score (nSPS) is 18.6. The van der Waals surface area contributed by atoms with Gasteiger partial charge in [-0.3, -0.25) is 9.69 Å². The smallest absolute Gasteiger partial charge is 0.221 e. The van der Waals surface area contributed by atoms with E-state index in [2.05, 4.69) is 52.7 Å². The molecule has 0 spiro atoms. The molecule has 1 unspecified atom stereocenters. The van der Waals surface area contributed by atoms with Crippen molar-refractivity contribution >= 4 is 11.6 Å². The van der Waals surface area contributed by atoms with Crippen molar-refractivity contribution in [3.8, 4) is 0 Å². The molecule has 0 saturated carbocycles. The Balaban J connectivity index is 1.60. The van der Waals surface area contributed by atoms with Crippen molar-refractivity contribution in [2.45, 2.75) is 32.2 Å². The van der Waals surface area contributed by atoms with Crippen LogP contribution < -0.4 is 5.32 Å². The number of benzene rings is 2. The molecule has 2 aromatic rings. The van der Waals surface area contributed by atoms with Crippen LogP contribution in [0.25, 0.3) is 0 Å². The molecule has 1 aliphatic rings. The molecule has 23 heavy (non-hydrogen) atoms. The summed E-state index contributed by atoms with van der Waals surface area (Å²) in [4.78, 5) is 13.6. The number of nitrogens with one attached hydrogen (secondary N) is 1. The summed E-state index contributed by atoms with van der Waals surface area (Å²) >= 11 is 0. The molecule has 1 fully saturated rings. The first-order chi connectivity index (χ1) is 11.2. The second-order valence-electron chi connectivity index (χ2n) is 6.36. The van der Waals surface area contributed by atoms with E-state index in [1.807, 2.05) is 12.1 Å². The molecule has 1 N–H and O–H groups in total. The van der Waals surface area contributed by atoms with Crippen LogP contribution in [0.5, 0.6) is 0 Å². The van der Waals surface area contributed by atoms with Crippen molar-refractivity contribution < 1.29 is 4.79 Å². The van der Waals surface area contributed by atoms with Gasteiger partial charge in [-0.1, -0.05) is 42.5 Å². The number of carbonyl (C=O) groups excluding carboxylic acids is 1. The van der Waals surface area contributed by atoms with Gasteiger partial charge in [-0.2, -0.15) is 0 Å². The van der Waals surface area contributed by atoms with E-state index in [-0.39, 0.29) is 5.91 Å². The van der Waals surface area contributed by atoms with Crippen LogP contribution in [-0.2, 0) is 11.3 Å². The van der Waals surface area contributed by atoms with Gasteiger partial charge in [-0.25, -0.2) is 0 Å². The first kappa shape index (κ1) is 15.8. The predicted molar refractivity (Wildman–Crippen MR) is 94.4 cm³/mol. The highest BCUT2D eigenvalue weighted by Crippen LogP contribution is 2.27. The van der Waals surface area contributed by atoms with Crippen LogP contribution in [0.15, 0.2) is 54.6 Å². The number of anilines is 1. The van der Waals surface area contributed by atoms with Crippen LogP contribution in [0.4, 0.5) is 5.69 Å². The fraction of sp³-hybridized carbons (Fsp3) is 0.350. The number of hydrogen-bond donors (Lipinski definition) is 1. The quantitative estimate of drug-likeness (QED) is 0.925. The molecule has 0 aliphatic carbocycles. The summed E-state index contributed by atoms with van der Waals surface area (Å²) in [7, 11) is 0. The van der Waals surface area contributed by atoms with Gasteiger partial charge in [0.05, 0.1) is 0 Å². The molecular formula is C20H24N2O. The zero-order valence-corrected chi connectivity index (χ0v) is 13.7. The molecule has 1 heterocycles. The molecule has 1 atom stereocenters. The Labute approximate surface area is 138 Å². The minimum absolute atomic E-state index is 0.0283. The fourth-order valence-corrected chi connectivity index (χ4v) is 3.35. The molecule has 0 radical (unpaired) electrons. The van der Waals surface area contributed by atoms with Gasteiger partial charge in [0.1, 0.15) is 0 Å². The maximum Gasteiger partial charge on any atom is 0.221 e. The van der Waals surface area contributed by atoms with Gasteiger partial charge in [0.15, 0.2) is 0 Å². The van der Waals surface area contributed by atoms with E-state index in [1.165, 1.54) is 30.9 Å². The zero-order valence-electron chi connectivity index (χ0n) is 13.7. The van der Waals surface area contributed by atoms with E-state index in [1.54, 1.807) is 0 Å². The Hall–Kier alpha value is -2.13. The largest absolute Gasteiger partial charge is 0.326 e. The summed E-state index contributed by atoms with van der Waals surface area (Å²) in [5.41, 5.74) is 3.62. The lowest BCUT2D eigenvalue weighted by molar-refractivity contribution is -0.114. The average Bonchev–Trinajstić information content (AvgIpc) is 2.57. The van der Waals surface area contributed by atoms with E-state index in [9.17, 15) is 4.79 Å². The Morgan fingerprint density at radius 1 is 1.13 bits per heavy atom. The number of amides is 1. The monoisotopic (exact) mass is 308 g/mol. The molecule has 1 aliphatic heterocycles. The van der Waals surface area contributed by atoms with Crippen LogP contribution in [0.3, 0.4) is 0 Å². The predicted octanol–water partition coefficient (Wildman–Crippen LogP) is 4.02. The van der Waals surface area contributed by atoms with Gasteiger partial charge in [0.25, 0.3) is 0 Å². The number of rotatable bonds is 4. The van der Waals surface area contributed by atoms with Gasteiger partial charge >= 0.3 is 0 Å². The molecular weight excluding hydrogens is 284 g/mol. The maximum atomic E-state index is 11.1. The first-order valence-electron chi connectivity index (χ1n) is 8.34. The van der Waals surface area contributed by atoms with Crippen molar-refractivity contribution in [2.75, 3.05) is 18.4 Å².